The SMILES string of the molecule is C/C=C/CCNC(CN)c1cc(Br)c2c(c1)OCO2. The Morgan fingerprint density at radius 2 is 2.32 bits per heavy atom. The summed E-state index contributed by atoms with van der Waals surface area (Å²) in [6, 6.07) is 4.15. The second-order valence-corrected chi connectivity index (χ2v) is 5.19. The quantitative estimate of drug-likeness (QED) is 0.623. The Balaban J connectivity index is 2.08. The summed E-state index contributed by atoms with van der Waals surface area (Å²) in [7, 11) is 0. The fraction of sp³-hybridized carbons (Fsp3) is 0.429. The maximum atomic E-state index is 5.85. The van der Waals surface area contributed by atoms with E-state index >= 15 is 0 Å². The molecule has 1 heterocycles. The third-order valence-corrected chi connectivity index (χ3v) is 3.61. The number of hydrogen-bond donors (Lipinski definition) is 2. The number of halogens is 1. The molecule has 0 saturated heterocycles. The van der Waals surface area contributed by atoms with E-state index in [1.165, 1.54) is 0 Å². The van der Waals surface area contributed by atoms with Gasteiger partial charge in [-0.15, -0.1) is 0 Å². The zero-order chi connectivity index (χ0) is 13.7. The normalized spacial score (nSPS) is 15.1. The Labute approximate surface area is 122 Å². The van der Waals surface area contributed by atoms with Crippen molar-refractivity contribution in [2.24, 2.45) is 5.73 Å². The Bertz CT molecular complexity index is 463. The number of fused-ring (bicyclic) bond motifs is 1. The van der Waals surface area contributed by atoms with Gasteiger partial charge in [-0.25, -0.2) is 0 Å². The number of rotatable bonds is 6. The van der Waals surface area contributed by atoms with Crippen molar-refractivity contribution in [3.63, 3.8) is 0 Å². The summed E-state index contributed by atoms with van der Waals surface area (Å²) in [5.41, 5.74) is 6.96. The standard InChI is InChI=1S/C14H19BrN2O2/c1-2-3-4-5-17-12(8-16)10-6-11(15)14-13(7-10)18-9-19-14/h2-3,6-7,12,17H,4-5,8-9,16H2,1H3/b3-2+. The van der Waals surface area contributed by atoms with E-state index in [0.29, 0.717) is 6.54 Å². The van der Waals surface area contributed by atoms with E-state index in [1.54, 1.807) is 0 Å². The van der Waals surface area contributed by atoms with Gasteiger partial charge in [0.15, 0.2) is 11.5 Å². The molecule has 19 heavy (non-hydrogen) atoms. The molecule has 1 aromatic rings. The molecule has 5 heteroatoms. The van der Waals surface area contributed by atoms with Crippen LogP contribution in [0.15, 0.2) is 28.8 Å². The Morgan fingerprint density at radius 1 is 1.47 bits per heavy atom. The Kier molecular flexibility index (Phi) is 5.24. The average Bonchev–Trinajstić information content (AvgIpc) is 2.88. The molecule has 104 valence electrons. The fourth-order valence-electron chi connectivity index (χ4n) is 2.03. The zero-order valence-corrected chi connectivity index (χ0v) is 12.6. The van der Waals surface area contributed by atoms with E-state index in [2.05, 4.69) is 33.4 Å². The molecular formula is C14H19BrN2O2. The smallest absolute Gasteiger partial charge is 0.231 e. The van der Waals surface area contributed by atoms with Crippen LogP contribution in [-0.4, -0.2) is 19.9 Å². The molecule has 0 bridgehead atoms. The predicted octanol–water partition coefficient (Wildman–Crippen LogP) is 2.73. The van der Waals surface area contributed by atoms with Gasteiger partial charge in [0.25, 0.3) is 0 Å². The van der Waals surface area contributed by atoms with Gasteiger partial charge in [0, 0.05) is 12.6 Å². The predicted molar refractivity (Wildman–Crippen MR) is 79.5 cm³/mol. The molecule has 0 spiro atoms. The lowest BCUT2D eigenvalue weighted by atomic mass is 10.1. The third kappa shape index (κ3) is 3.49. The van der Waals surface area contributed by atoms with Crippen molar-refractivity contribution in [2.75, 3.05) is 19.9 Å². The van der Waals surface area contributed by atoms with Gasteiger partial charge in [-0.2, -0.15) is 0 Å². The van der Waals surface area contributed by atoms with Gasteiger partial charge >= 0.3 is 0 Å². The molecule has 0 fully saturated rings. The summed E-state index contributed by atoms with van der Waals surface area (Å²) < 4.78 is 11.7. The van der Waals surface area contributed by atoms with Gasteiger partial charge in [-0.1, -0.05) is 12.2 Å². The van der Waals surface area contributed by atoms with E-state index in [9.17, 15) is 0 Å². The molecule has 1 aromatic carbocycles. The average molecular weight is 327 g/mol. The molecule has 0 amide bonds. The lowest BCUT2D eigenvalue weighted by Crippen LogP contribution is -2.28. The number of hydrogen-bond acceptors (Lipinski definition) is 4. The summed E-state index contributed by atoms with van der Waals surface area (Å²) in [5.74, 6) is 1.55. The highest BCUT2D eigenvalue weighted by Gasteiger charge is 2.20. The van der Waals surface area contributed by atoms with Crippen molar-refractivity contribution >= 4 is 15.9 Å². The van der Waals surface area contributed by atoms with Crippen molar-refractivity contribution < 1.29 is 9.47 Å². The maximum Gasteiger partial charge on any atom is 0.231 e. The van der Waals surface area contributed by atoms with Crippen LogP contribution >= 0.6 is 15.9 Å². The molecule has 1 aliphatic rings. The van der Waals surface area contributed by atoms with Crippen LogP contribution in [0.1, 0.15) is 24.9 Å². The van der Waals surface area contributed by atoms with Crippen LogP contribution in [0.25, 0.3) is 0 Å². The molecule has 1 aliphatic heterocycles. The van der Waals surface area contributed by atoms with Crippen molar-refractivity contribution in [1.82, 2.24) is 5.32 Å². The fourth-order valence-corrected chi connectivity index (χ4v) is 2.61. The molecule has 1 unspecified atom stereocenters. The van der Waals surface area contributed by atoms with Gasteiger partial charge in [-0.3, -0.25) is 0 Å². The van der Waals surface area contributed by atoms with Crippen molar-refractivity contribution in [3.05, 3.63) is 34.3 Å². The number of nitrogens with one attached hydrogen (secondary N) is 1. The van der Waals surface area contributed by atoms with Crippen molar-refractivity contribution in [3.8, 4) is 11.5 Å². The Morgan fingerprint density at radius 3 is 3.05 bits per heavy atom. The Hall–Kier alpha value is -1.04. The molecule has 1 atom stereocenters. The highest BCUT2D eigenvalue weighted by atomic mass is 79.9. The van der Waals surface area contributed by atoms with Gasteiger partial charge in [0.1, 0.15) is 0 Å². The van der Waals surface area contributed by atoms with Crippen LogP contribution in [0.4, 0.5) is 0 Å². The lowest BCUT2D eigenvalue weighted by molar-refractivity contribution is 0.173. The first-order chi connectivity index (χ1) is 9.26. The van der Waals surface area contributed by atoms with E-state index in [0.717, 1.165) is 34.5 Å². The molecule has 4 nitrogen and oxygen atoms in total. The van der Waals surface area contributed by atoms with Crippen LogP contribution in [0.5, 0.6) is 11.5 Å². The van der Waals surface area contributed by atoms with Crippen LogP contribution in [0, 0.1) is 0 Å². The molecule has 0 aromatic heterocycles. The van der Waals surface area contributed by atoms with Crippen LogP contribution in [-0.2, 0) is 0 Å². The molecule has 0 saturated carbocycles. The van der Waals surface area contributed by atoms with Crippen LogP contribution < -0.4 is 20.5 Å². The molecule has 0 aliphatic carbocycles. The zero-order valence-electron chi connectivity index (χ0n) is 11.0. The molecule has 2 rings (SSSR count). The van der Waals surface area contributed by atoms with Gasteiger partial charge in [0.05, 0.1) is 4.47 Å². The summed E-state index contributed by atoms with van der Waals surface area (Å²) in [5, 5.41) is 3.45. The third-order valence-electron chi connectivity index (χ3n) is 3.03. The summed E-state index contributed by atoms with van der Waals surface area (Å²) >= 11 is 3.50. The number of benzene rings is 1. The van der Waals surface area contributed by atoms with Crippen molar-refractivity contribution in [1.29, 1.82) is 0 Å². The summed E-state index contributed by atoms with van der Waals surface area (Å²) in [4.78, 5) is 0. The number of allylic oxidation sites excluding steroid dienone is 1. The second kappa shape index (κ2) is 6.93. The minimum Gasteiger partial charge on any atom is -0.454 e. The second-order valence-electron chi connectivity index (χ2n) is 4.34. The van der Waals surface area contributed by atoms with E-state index in [1.807, 2.05) is 19.1 Å². The summed E-state index contributed by atoms with van der Waals surface area (Å²) in [6.07, 6.45) is 5.19. The number of ether oxygens (including phenoxy) is 2. The molecule has 0 radical (unpaired) electrons. The minimum absolute atomic E-state index is 0.121. The molecular weight excluding hydrogens is 308 g/mol. The highest BCUT2D eigenvalue weighted by molar-refractivity contribution is 9.10. The first kappa shape index (κ1) is 14.4. The van der Waals surface area contributed by atoms with Gasteiger partial charge < -0.3 is 20.5 Å². The maximum absolute atomic E-state index is 5.85. The largest absolute Gasteiger partial charge is 0.454 e. The van der Waals surface area contributed by atoms with Crippen molar-refractivity contribution in [2.45, 2.75) is 19.4 Å². The van der Waals surface area contributed by atoms with Crippen LogP contribution in [0.2, 0.25) is 0 Å². The van der Waals surface area contributed by atoms with E-state index in [-0.39, 0.29) is 12.8 Å². The number of nitrogens with two attached hydrogens (primary N) is 1. The first-order valence-corrected chi connectivity index (χ1v) is 7.19. The first-order valence-electron chi connectivity index (χ1n) is 6.40. The van der Waals surface area contributed by atoms with E-state index in [4.69, 9.17) is 15.2 Å². The monoisotopic (exact) mass is 326 g/mol. The highest BCUT2D eigenvalue weighted by Crippen LogP contribution is 2.41. The van der Waals surface area contributed by atoms with E-state index < -0.39 is 0 Å². The molecule has 3 N–H and O–H groups in total. The topological polar surface area (TPSA) is 56.5 Å². The van der Waals surface area contributed by atoms with Crippen LogP contribution in [0.3, 0.4) is 0 Å². The van der Waals surface area contributed by atoms with Gasteiger partial charge in [-0.05, 0) is 53.5 Å². The lowest BCUT2D eigenvalue weighted by Gasteiger charge is -2.17. The minimum atomic E-state index is 0.121. The van der Waals surface area contributed by atoms with Gasteiger partial charge in [0.2, 0.25) is 6.79 Å². The summed E-state index contributed by atoms with van der Waals surface area (Å²) in [6.45, 7) is 3.74.